The fourth-order valence-corrected chi connectivity index (χ4v) is 1.58. The van der Waals surface area contributed by atoms with E-state index in [0.29, 0.717) is 0 Å². The summed E-state index contributed by atoms with van der Waals surface area (Å²) < 4.78 is 2.02. The van der Waals surface area contributed by atoms with Crippen LogP contribution >= 0.6 is 0 Å². The van der Waals surface area contributed by atoms with Gasteiger partial charge in [0.2, 0.25) is 0 Å². The van der Waals surface area contributed by atoms with Gasteiger partial charge in [0.15, 0.2) is 0 Å². The summed E-state index contributed by atoms with van der Waals surface area (Å²) in [4.78, 5) is 0. The zero-order valence-corrected chi connectivity index (χ0v) is 10.6. The highest BCUT2D eigenvalue weighted by Gasteiger charge is 2.03. The van der Waals surface area contributed by atoms with Crippen molar-refractivity contribution >= 4 is 0 Å². The number of aromatic nitrogens is 2. The van der Waals surface area contributed by atoms with Crippen LogP contribution in [0.1, 0.15) is 26.5 Å². The molecule has 0 saturated carbocycles. The highest BCUT2D eigenvalue weighted by molar-refractivity contribution is 5.58. The molecule has 16 heavy (non-hydrogen) atoms. The van der Waals surface area contributed by atoms with Gasteiger partial charge in [0.25, 0.3) is 0 Å². The normalized spacial score (nSPS) is 9.50. The molecule has 2 heteroatoms. The summed E-state index contributed by atoms with van der Waals surface area (Å²) in [6, 6.07) is 12.4. The van der Waals surface area contributed by atoms with Gasteiger partial charge in [0.1, 0.15) is 0 Å². The van der Waals surface area contributed by atoms with E-state index in [1.165, 1.54) is 11.3 Å². The van der Waals surface area contributed by atoms with Gasteiger partial charge < -0.3 is 0 Å². The Labute approximate surface area is 97.9 Å². The van der Waals surface area contributed by atoms with Crippen molar-refractivity contribution < 1.29 is 0 Å². The van der Waals surface area contributed by atoms with Gasteiger partial charge in [-0.2, -0.15) is 5.10 Å². The second kappa shape index (κ2) is 6.11. The fourth-order valence-electron chi connectivity index (χ4n) is 1.58. The van der Waals surface area contributed by atoms with Crippen LogP contribution in [0.15, 0.2) is 36.4 Å². The molecule has 0 bridgehead atoms. The molecule has 0 radical (unpaired) electrons. The first-order chi connectivity index (χ1) is 7.81. The monoisotopic (exact) mass is 216 g/mol. The minimum absolute atomic E-state index is 0.929. The third-order valence-electron chi connectivity index (χ3n) is 2.35. The van der Waals surface area contributed by atoms with Gasteiger partial charge in [-0.3, -0.25) is 4.68 Å². The molecular formula is C14H20N2. The van der Waals surface area contributed by atoms with E-state index in [9.17, 15) is 0 Å². The molecule has 2 nitrogen and oxygen atoms in total. The average molecular weight is 216 g/mol. The molecule has 0 N–H and O–H groups in total. The van der Waals surface area contributed by atoms with E-state index in [2.05, 4.69) is 37.1 Å². The molecular weight excluding hydrogens is 196 g/mol. The van der Waals surface area contributed by atoms with Gasteiger partial charge >= 0.3 is 0 Å². The second-order valence-corrected chi connectivity index (χ2v) is 3.35. The van der Waals surface area contributed by atoms with E-state index in [-0.39, 0.29) is 0 Å². The van der Waals surface area contributed by atoms with Crippen LogP contribution in [0.25, 0.3) is 11.3 Å². The number of benzene rings is 1. The van der Waals surface area contributed by atoms with Crippen LogP contribution in [-0.4, -0.2) is 9.78 Å². The minimum Gasteiger partial charge on any atom is -0.270 e. The third-order valence-corrected chi connectivity index (χ3v) is 2.35. The Kier molecular flexibility index (Phi) is 4.77. The van der Waals surface area contributed by atoms with Crippen LogP contribution in [0.2, 0.25) is 0 Å². The molecule has 86 valence electrons. The first kappa shape index (κ1) is 12.5. The highest BCUT2D eigenvalue weighted by Crippen LogP contribution is 2.17. The molecule has 0 aliphatic carbocycles. The lowest BCUT2D eigenvalue weighted by atomic mass is 10.1. The summed E-state index contributed by atoms with van der Waals surface area (Å²) in [5.74, 6) is 0. The average Bonchev–Trinajstić information content (AvgIpc) is 2.74. The Balaban J connectivity index is 0.000000606. The number of aryl methyl sites for hydroxylation is 2. The first-order valence-corrected chi connectivity index (χ1v) is 5.91. The summed E-state index contributed by atoms with van der Waals surface area (Å²) in [5.41, 5.74) is 3.46. The van der Waals surface area contributed by atoms with E-state index in [1.54, 1.807) is 0 Å². The van der Waals surface area contributed by atoms with Gasteiger partial charge in [-0.25, -0.2) is 0 Å². The molecule has 0 amide bonds. The van der Waals surface area contributed by atoms with E-state index >= 15 is 0 Å². The summed E-state index contributed by atoms with van der Waals surface area (Å²) in [6.45, 7) is 9.12. The van der Waals surface area contributed by atoms with Crippen molar-refractivity contribution in [3.8, 4) is 11.3 Å². The zero-order chi connectivity index (χ0) is 12.0. The van der Waals surface area contributed by atoms with Crippen LogP contribution in [0, 0.1) is 6.92 Å². The van der Waals surface area contributed by atoms with Crippen LogP contribution < -0.4 is 0 Å². The quantitative estimate of drug-likeness (QED) is 0.744. The van der Waals surface area contributed by atoms with Crippen LogP contribution in [0.5, 0.6) is 0 Å². The predicted octanol–water partition coefficient (Wildman–Crippen LogP) is 3.90. The molecule has 1 aromatic heterocycles. The second-order valence-electron chi connectivity index (χ2n) is 3.35. The third kappa shape index (κ3) is 2.72. The predicted molar refractivity (Wildman–Crippen MR) is 69.4 cm³/mol. The van der Waals surface area contributed by atoms with Crippen molar-refractivity contribution in [1.82, 2.24) is 9.78 Å². The summed E-state index contributed by atoms with van der Waals surface area (Å²) in [5, 5.41) is 4.52. The SMILES string of the molecule is CC.CCn1nc(-c2ccccc2)cc1C. The molecule has 0 fully saturated rings. The lowest BCUT2D eigenvalue weighted by Crippen LogP contribution is -1.98. The summed E-state index contributed by atoms with van der Waals surface area (Å²) in [6.07, 6.45) is 0. The van der Waals surface area contributed by atoms with E-state index in [4.69, 9.17) is 0 Å². The Morgan fingerprint density at radius 2 is 1.75 bits per heavy atom. The van der Waals surface area contributed by atoms with Gasteiger partial charge in [0.05, 0.1) is 5.69 Å². The number of rotatable bonds is 2. The maximum absolute atomic E-state index is 4.52. The number of hydrogen-bond donors (Lipinski definition) is 0. The standard InChI is InChI=1S/C12H14N2.C2H6/c1-3-14-10(2)9-12(13-14)11-7-5-4-6-8-11;1-2/h4-9H,3H2,1-2H3;1-2H3. The van der Waals surface area contributed by atoms with Crippen molar-refractivity contribution in [3.63, 3.8) is 0 Å². The molecule has 1 heterocycles. The largest absolute Gasteiger partial charge is 0.270 e. The maximum atomic E-state index is 4.52. The Bertz CT molecular complexity index is 416. The molecule has 0 unspecified atom stereocenters. The van der Waals surface area contributed by atoms with E-state index in [1.807, 2.05) is 36.7 Å². The lowest BCUT2D eigenvalue weighted by molar-refractivity contribution is 0.642. The van der Waals surface area contributed by atoms with Crippen molar-refractivity contribution in [2.45, 2.75) is 34.2 Å². The molecule has 2 rings (SSSR count). The van der Waals surface area contributed by atoms with E-state index in [0.717, 1.165) is 12.2 Å². The summed E-state index contributed by atoms with van der Waals surface area (Å²) in [7, 11) is 0. The number of hydrogen-bond acceptors (Lipinski definition) is 1. The van der Waals surface area contributed by atoms with Gasteiger partial charge in [0, 0.05) is 17.8 Å². The molecule has 0 aliphatic heterocycles. The molecule has 0 saturated heterocycles. The molecule has 0 aliphatic rings. The van der Waals surface area contributed by atoms with Gasteiger partial charge in [-0.15, -0.1) is 0 Å². The maximum Gasteiger partial charge on any atom is 0.0925 e. The van der Waals surface area contributed by atoms with Crippen molar-refractivity contribution in [2.24, 2.45) is 0 Å². The van der Waals surface area contributed by atoms with E-state index < -0.39 is 0 Å². The van der Waals surface area contributed by atoms with Crippen LogP contribution in [-0.2, 0) is 6.54 Å². The molecule has 0 atom stereocenters. The smallest absolute Gasteiger partial charge is 0.0925 e. The minimum atomic E-state index is 0.929. The van der Waals surface area contributed by atoms with Crippen LogP contribution in [0.4, 0.5) is 0 Å². The molecule has 0 spiro atoms. The zero-order valence-electron chi connectivity index (χ0n) is 10.6. The van der Waals surface area contributed by atoms with Crippen molar-refractivity contribution in [3.05, 3.63) is 42.1 Å². The van der Waals surface area contributed by atoms with Gasteiger partial charge in [-0.05, 0) is 19.9 Å². The summed E-state index contributed by atoms with van der Waals surface area (Å²) >= 11 is 0. The topological polar surface area (TPSA) is 17.8 Å². The Morgan fingerprint density at radius 1 is 1.12 bits per heavy atom. The van der Waals surface area contributed by atoms with Crippen molar-refractivity contribution in [1.29, 1.82) is 0 Å². The first-order valence-electron chi connectivity index (χ1n) is 5.91. The lowest BCUT2D eigenvalue weighted by Gasteiger charge is -1.97. The van der Waals surface area contributed by atoms with Crippen molar-refractivity contribution in [2.75, 3.05) is 0 Å². The molecule has 2 aromatic rings. The Morgan fingerprint density at radius 3 is 2.25 bits per heavy atom. The van der Waals surface area contributed by atoms with Crippen LogP contribution in [0.3, 0.4) is 0 Å². The van der Waals surface area contributed by atoms with Gasteiger partial charge in [-0.1, -0.05) is 44.2 Å². The molecule has 1 aromatic carbocycles. The fraction of sp³-hybridized carbons (Fsp3) is 0.357. The number of nitrogens with zero attached hydrogens (tertiary/aromatic N) is 2. The Hall–Kier alpha value is -1.57. The highest BCUT2D eigenvalue weighted by atomic mass is 15.3.